The zero-order chi connectivity index (χ0) is 13.2. The van der Waals surface area contributed by atoms with Crippen LogP contribution in [0.1, 0.15) is 11.1 Å². The lowest BCUT2D eigenvalue weighted by atomic mass is 10.1. The number of nitrogens with one attached hydrogen (secondary N) is 1. The van der Waals surface area contributed by atoms with E-state index in [0.717, 1.165) is 17.8 Å². The third-order valence-electron chi connectivity index (χ3n) is 3.22. The van der Waals surface area contributed by atoms with Crippen molar-refractivity contribution in [3.63, 3.8) is 0 Å². The molecule has 1 aromatic heterocycles. The molecule has 0 spiro atoms. The minimum Gasteiger partial charge on any atom is -0.464 e. The third-order valence-corrected chi connectivity index (χ3v) is 4.38. The minimum atomic E-state index is 0.774. The highest BCUT2D eigenvalue weighted by atomic mass is 127. The Balaban J connectivity index is 1.80. The molecule has 3 heteroatoms. The predicted octanol–water partition coefficient (Wildman–Crippen LogP) is 4.96. The van der Waals surface area contributed by atoms with Crippen LogP contribution in [0.15, 0.2) is 53.1 Å². The van der Waals surface area contributed by atoms with Crippen molar-refractivity contribution in [3.05, 3.63) is 63.4 Å². The largest absolute Gasteiger partial charge is 0.464 e. The van der Waals surface area contributed by atoms with E-state index in [9.17, 15) is 0 Å². The first-order valence-corrected chi connectivity index (χ1v) is 7.27. The number of rotatable bonds is 3. The van der Waals surface area contributed by atoms with Gasteiger partial charge >= 0.3 is 0 Å². The molecule has 96 valence electrons. The molecule has 0 aliphatic carbocycles. The Bertz CT molecular complexity index is 718. The molecule has 19 heavy (non-hydrogen) atoms. The molecular formula is C16H14INO. The van der Waals surface area contributed by atoms with E-state index in [4.69, 9.17) is 4.42 Å². The van der Waals surface area contributed by atoms with E-state index in [1.165, 1.54) is 20.1 Å². The van der Waals surface area contributed by atoms with E-state index in [1.54, 1.807) is 0 Å². The van der Waals surface area contributed by atoms with Crippen molar-refractivity contribution in [1.29, 1.82) is 0 Å². The standard InChI is InChI=1S/C16H14INO/c1-11-6-7-13(8-15(11)17)18-9-12-10-19-16-5-3-2-4-14(12)16/h2-8,10,18H,9H2,1H3. The highest BCUT2D eigenvalue weighted by Crippen LogP contribution is 2.22. The van der Waals surface area contributed by atoms with Gasteiger partial charge in [0.15, 0.2) is 0 Å². The molecule has 0 aliphatic rings. The monoisotopic (exact) mass is 363 g/mol. The molecule has 0 amide bonds. The van der Waals surface area contributed by atoms with E-state index in [1.807, 2.05) is 24.5 Å². The van der Waals surface area contributed by atoms with E-state index >= 15 is 0 Å². The number of para-hydroxylation sites is 1. The van der Waals surface area contributed by atoms with Crippen molar-refractivity contribution < 1.29 is 4.42 Å². The Morgan fingerprint density at radius 1 is 1.16 bits per heavy atom. The predicted molar refractivity (Wildman–Crippen MR) is 87.4 cm³/mol. The number of hydrogen-bond donors (Lipinski definition) is 1. The lowest BCUT2D eigenvalue weighted by molar-refractivity contribution is 0.611. The third kappa shape index (κ3) is 2.61. The van der Waals surface area contributed by atoms with Gasteiger partial charge in [-0.2, -0.15) is 0 Å². The molecule has 0 aliphatic heterocycles. The van der Waals surface area contributed by atoms with Gasteiger partial charge in [0.2, 0.25) is 0 Å². The highest BCUT2D eigenvalue weighted by Gasteiger charge is 2.05. The smallest absolute Gasteiger partial charge is 0.134 e. The summed E-state index contributed by atoms with van der Waals surface area (Å²) in [6.45, 7) is 2.89. The van der Waals surface area contributed by atoms with Gasteiger partial charge in [0, 0.05) is 26.8 Å². The summed E-state index contributed by atoms with van der Waals surface area (Å²) in [5.74, 6) is 0. The van der Waals surface area contributed by atoms with Crippen molar-refractivity contribution >= 4 is 39.2 Å². The fourth-order valence-corrected chi connectivity index (χ4v) is 2.59. The van der Waals surface area contributed by atoms with Crippen LogP contribution in [0.3, 0.4) is 0 Å². The summed E-state index contributed by atoms with van der Waals surface area (Å²) in [4.78, 5) is 0. The molecule has 0 radical (unpaired) electrons. The number of aryl methyl sites for hydroxylation is 1. The van der Waals surface area contributed by atoms with Gasteiger partial charge in [0.1, 0.15) is 5.58 Å². The lowest BCUT2D eigenvalue weighted by Crippen LogP contribution is -1.99. The average molecular weight is 363 g/mol. The number of furan rings is 1. The first-order valence-electron chi connectivity index (χ1n) is 6.19. The number of halogens is 1. The number of fused-ring (bicyclic) bond motifs is 1. The molecule has 0 atom stereocenters. The molecular weight excluding hydrogens is 349 g/mol. The summed E-state index contributed by atoms with van der Waals surface area (Å²) in [7, 11) is 0. The van der Waals surface area contributed by atoms with Crippen LogP contribution in [0.4, 0.5) is 5.69 Å². The molecule has 0 unspecified atom stereocenters. The summed E-state index contributed by atoms with van der Waals surface area (Å²) in [6, 6.07) is 14.5. The summed E-state index contributed by atoms with van der Waals surface area (Å²) in [5.41, 5.74) is 4.57. The molecule has 3 aromatic rings. The van der Waals surface area contributed by atoms with Crippen LogP contribution in [0.25, 0.3) is 11.0 Å². The SMILES string of the molecule is Cc1ccc(NCc2coc3ccccc23)cc1I. The van der Waals surface area contributed by atoms with Crippen molar-refractivity contribution in [2.24, 2.45) is 0 Å². The Morgan fingerprint density at radius 3 is 2.84 bits per heavy atom. The summed E-state index contributed by atoms with van der Waals surface area (Å²) < 4.78 is 6.82. The number of anilines is 1. The van der Waals surface area contributed by atoms with E-state index in [2.05, 4.69) is 59.1 Å². The lowest BCUT2D eigenvalue weighted by Gasteiger charge is -2.07. The fourth-order valence-electron chi connectivity index (χ4n) is 2.07. The van der Waals surface area contributed by atoms with Crippen LogP contribution in [0.5, 0.6) is 0 Å². The van der Waals surface area contributed by atoms with Gasteiger partial charge in [0.05, 0.1) is 6.26 Å². The normalized spacial score (nSPS) is 10.8. The molecule has 2 aromatic carbocycles. The van der Waals surface area contributed by atoms with Gasteiger partial charge in [-0.05, 0) is 53.3 Å². The maximum Gasteiger partial charge on any atom is 0.134 e. The van der Waals surface area contributed by atoms with Gasteiger partial charge in [-0.1, -0.05) is 24.3 Å². The number of hydrogen-bond acceptors (Lipinski definition) is 2. The quantitative estimate of drug-likeness (QED) is 0.666. The van der Waals surface area contributed by atoms with Gasteiger partial charge in [-0.25, -0.2) is 0 Å². The molecule has 0 saturated heterocycles. The first kappa shape index (κ1) is 12.5. The van der Waals surface area contributed by atoms with Gasteiger partial charge in [-0.3, -0.25) is 0 Å². The van der Waals surface area contributed by atoms with Crippen LogP contribution in [0, 0.1) is 10.5 Å². The molecule has 1 N–H and O–H groups in total. The van der Waals surface area contributed by atoms with Gasteiger partial charge in [0.25, 0.3) is 0 Å². The van der Waals surface area contributed by atoms with Crippen LogP contribution in [-0.2, 0) is 6.54 Å². The zero-order valence-electron chi connectivity index (χ0n) is 10.6. The van der Waals surface area contributed by atoms with Crippen LogP contribution in [0.2, 0.25) is 0 Å². The Hall–Kier alpha value is -1.49. The van der Waals surface area contributed by atoms with Crippen molar-refractivity contribution in [3.8, 4) is 0 Å². The maximum atomic E-state index is 5.54. The molecule has 0 fully saturated rings. The van der Waals surface area contributed by atoms with Crippen molar-refractivity contribution in [2.75, 3.05) is 5.32 Å². The van der Waals surface area contributed by atoms with Crippen LogP contribution >= 0.6 is 22.6 Å². The summed E-state index contributed by atoms with van der Waals surface area (Å²) in [6.07, 6.45) is 1.83. The van der Waals surface area contributed by atoms with E-state index in [0.29, 0.717) is 0 Å². The Morgan fingerprint density at radius 2 is 2.00 bits per heavy atom. The fraction of sp³-hybridized carbons (Fsp3) is 0.125. The maximum absolute atomic E-state index is 5.54. The average Bonchev–Trinajstić information content (AvgIpc) is 2.83. The van der Waals surface area contributed by atoms with Crippen LogP contribution in [-0.4, -0.2) is 0 Å². The van der Waals surface area contributed by atoms with Crippen molar-refractivity contribution in [1.82, 2.24) is 0 Å². The zero-order valence-corrected chi connectivity index (χ0v) is 12.8. The van der Waals surface area contributed by atoms with Crippen LogP contribution < -0.4 is 5.32 Å². The van der Waals surface area contributed by atoms with Crippen molar-refractivity contribution in [2.45, 2.75) is 13.5 Å². The Labute approximate surface area is 126 Å². The molecule has 2 nitrogen and oxygen atoms in total. The van der Waals surface area contributed by atoms with E-state index in [-0.39, 0.29) is 0 Å². The summed E-state index contributed by atoms with van der Waals surface area (Å²) >= 11 is 2.36. The minimum absolute atomic E-state index is 0.774. The number of benzene rings is 2. The second kappa shape index (κ2) is 5.25. The first-order chi connectivity index (χ1) is 9.24. The summed E-state index contributed by atoms with van der Waals surface area (Å²) in [5, 5.41) is 4.62. The molecule has 1 heterocycles. The second-order valence-electron chi connectivity index (χ2n) is 4.57. The van der Waals surface area contributed by atoms with E-state index < -0.39 is 0 Å². The van der Waals surface area contributed by atoms with Gasteiger partial charge in [-0.15, -0.1) is 0 Å². The molecule has 3 rings (SSSR count). The van der Waals surface area contributed by atoms with Gasteiger partial charge < -0.3 is 9.73 Å². The molecule has 0 bridgehead atoms. The topological polar surface area (TPSA) is 25.2 Å². The molecule has 0 saturated carbocycles. The Kier molecular flexibility index (Phi) is 3.46. The highest BCUT2D eigenvalue weighted by molar-refractivity contribution is 14.1. The second-order valence-corrected chi connectivity index (χ2v) is 5.74.